The lowest BCUT2D eigenvalue weighted by molar-refractivity contribution is 0.0948. The molecule has 1 aromatic rings. The summed E-state index contributed by atoms with van der Waals surface area (Å²) >= 11 is 0. The van der Waals surface area contributed by atoms with Gasteiger partial charge in [-0.2, -0.15) is 0 Å². The maximum Gasteiger partial charge on any atom is 0.251 e. The number of benzene rings is 1. The Bertz CT molecular complexity index is 454. The van der Waals surface area contributed by atoms with Gasteiger partial charge in [-0.15, -0.1) is 0 Å². The molecule has 1 fully saturated rings. The lowest BCUT2D eigenvalue weighted by atomic mass is 10.1. The zero-order valence-electron chi connectivity index (χ0n) is 13.6. The van der Waals surface area contributed by atoms with Crippen molar-refractivity contribution in [3.05, 3.63) is 35.4 Å². The number of ether oxygens (including phenoxy) is 1. The number of amides is 1. The van der Waals surface area contributed by atoms with Crippen molar-refractivity contribution in [2.45, 2.75) is 51.2 Å². The molecule has 122 valence electrons. The summed E-state index contributed by atoms with van der Waals surface area (Å²) in [7, 11) is 1.64. The first-order valence-electron chi connectivity index (χ1n) is 8.39. The molecule has 4 heteroatoms. The van der Waals surface area contributed by atoms with Crippen molar-refractivity contribution < 1.29 is 9.53 Å². The molecule has 0 atom stereocenters. The molecule has 1 amide bonds. The molecule has 1 aliphatic carbocycles. The van der Waals surface area contributed by atoms with E-state index in [0.717, 1.165) is 12.1 Å². The zero-order valence-corrected chi connectivity index (χ0v) is 13.6. The number of nitrogens with one attached hydrogen (secondary N) is 2. The molecule has 0 bridgehead atoms. The molecule has 4 nitrogen and oxygen atoms in total. The van der Waals surface area contributed by atoms with Crippen molar-refractivity contribution in [3.63, 3.8) is 0 Å². The van der Waals surface area contributed by atoms with Crippen molar-refractivity contribution in [2.75, 3.05) is 20.2 Å². The van der Waals surface area contributed by atoms with Crippen LogP contribution in [0.1, 0.15) is 54.4 Å². The molecule has 0 spiro atoms. The Morgan fingerprint density at radius 1 is 1.14 bits per heavy atom. The average molecular weight is 304 g/mol. The minimum absolute atomic E-state index is 0.0182. The number of methoxy groups -OCH3 is 1. The van der Waals surface area contributed by atoms with Crippen LogP contribution in [-0.2, 0) is 11.3 Å². The molecule has 1 saturated carbocycles. The van der Waals surface area contributed by atoms with Crippen molar-refractivity contribution in [2.24, 2.45) is 0 Å². The maximum absolute atomic E-state index is 12.3. The highest BCUT2D eigenvalue weighted by molar-refractivity contribution is 5.95. The SMILES string of the molecule is COCc1ccccc1C(=O)NCCNC1CCCCCC1. The summed E-state index contributed by atoms with van der Waals surface area (Å²) < 4.78 is 5.14. The fourth-order valence-corrected chi connectivity index (χ4v) is 3.05. The van der Waals surface area contributed by atoms with Crippen LogP contribution in [0.25, 0.3) is 0 Å². The van der Waals surface area contributed by atoms with Crippen LogP contribution in [0.4, 0.5) is 0 Å². The van der Waals surface area contributed by atoms with Crippen molar-refractivity contribution >= 4 is 5.91 Å². The van der Waals surface area contributed by atoms with Gasteiger partial charge in [-0.05, 0) is 24.5 Å². The van der Waals surface area contributed by atoms with E-state index in [-0.39, 0.29) is 5.91 Å². The quantitative estimate of drug-likeness (QED) is 0.601. The topological polar surface area (TPSA) is 50.4 Å². The van der Waals surface area contributed by atoms with Gasteiger partial charge in [-0.1, -0.05) is 43.9 Å². The third-order valence-corrected chi connectivity index (χ3v) is 4.26. The fraction of sp³-hybridized carbons (Fsp3) is 0.611. The van der Waals surface area contributed by atoms with Crippen molar-refractivity contribution in [3.8, 4) is 0 Å². The normalized spacial score (nSPS) is 16.2. The maximum atomic E-state index is 12.3. The van der Waals surface area contributed by atoms with E-state index in [0.29, 0.717) is 24.8 Å². The van der Waals surface area contributed by atoms with Crippen LogP contribution in [0.3, 0.4) is 0 Å². The molecule has 0 aliphatic heterocycles. The van der Waals surface area contributed by atoms with Gasteiger partial charge < -0.3 is 15.4 Å². The summed E-state index contributed by atoms with van der Waals surface area (Å²) in [5.41, 5.74) is 1.64. The standard InChI is InChI=1S/C18H28N2O2/c1-22-14-15-8-6-7-11-17(15)18(21)20-13-12-19-16-9-4-2-3-5-10-16/h6-8,11,16,19H,2-5,9-10,12-14H2,1H3,(H,20,21). The van der Waals surface area contributed by atoms with Gasteiger partial charge >= 0.3 is 0 Å². The Balaban J connectivity index is 1.73. The van der Waals surface area contributed by atoms with Crippen molar-refractivity contribution in [1.29, 1.82) is 0 Å². The van der Waals surface area contributed by atoms with Crippen LogP contribution in [0.2, 0.25) is 0 Å². The molecule has 2 N–H and O–H groups in total. The molecule has 0 saturated heterocycles. The second kappa shape index (κ2) is 9.59. The van der Waals surface area contributed by atoms with Crippen LogP contribution >= 0.6 is 0 Å². The first-order chi connectivity index (χ1) is 10.8. The summed E-state index contributed by atoms with van der Waals surface area (Å²) in [5.74, 6) is -0.0182. The molecule has 0 unspecified atom stereocenters. The molecule has 0 heterocycles. The predicted molar refractivity (Wildman–Crippen MR) is 89.0 cm³/mol. The van der Waals surface area contributed by atoms with Gasteiger partial charge in [0, 0.05) is 31.8 Å². The summed E-state index contributed by atoms with van der Waals surface area (Å²) in [4.78, 5) is 12.3. The lowest BCUT2D eigenvalue weighted by Crippen LogP contribution is -2.37. The third-order valence-electron chi connectivity index (χ3n) is 4.26. The first-order valence-corrected chi connectivity index (χ1v) is 8.39. The van der Waals surface area contributed by atoms with E-state index in [4.69, 9.17) is 4.74 Å². The van der Waals surface area contributed by atoms with Gasteiger partial charge in [-0.25, -0.2) is 0 Å². The molecular weight excluding hydrogens is 276 g/mol. The Kier molecular flexibility index (Phi) is 7.40. The highest BCUT2D eigenvalue weighted by Gasteiger charge is 2.12. The highest BCUT2D eigenvalue weighted by Crippen LogP contribution is 2.16. The van der Waals surface area contributed by atoms with Crippen LogP contribution in [0.5, 0.6) is 0 Å². The number of hydrogen-bond acceptors (Lipinski definition) is 3. The van der Waals surface area contributed by atoms with Crippen LogP contribution in [0.15, 0.2) is 24.3 Å². The van der Waals surface area contributed by atoms with Gasteiger partial charge in [0.25, 0.3) is 5.91 Å². The van der Waals surface area contributed by atoms with E-state index in [1.54, 1.807) is 7.11 Å². The molecule has 1 aliphatic rings. The Hall–Kier alpha value is -1.39. The Morgan fingerprint density at radius 2 is 1.86 bits per heavy atom. The minimum Gasteiger partial charge on any atom is -0.380 e. The van der Waals surface area contributed by atoms with Gasteiger partial charge in [0.1, 0.15) is 0 Å². The average Bonchev–Trinajstić information content (AvgIpc) is 2.81. The van der Waals surface area contributed by atoms with E-state index in [2.05, 4.69) is 10.6 Å². The summed E-state index contributed by atoms with van der Waals surface area (Å²) in [6, 6.07) is 8.22. The van der Waals surface area contributed by atoms with Crippen LogP contribution in [-0.4, -0.2) is 32.1 Å². The largest absolute Gasteiger partial charge is 0.380 e. The van der Waals surface area contributed by atoms with Crippen LogP contribution < -0.4 is 10.6 Å². The van der Waals surface area contributed by atoms with E-state index in [9.17, 15) is 4.79 Å². The molecule has 1 aromatic carbocycles. The minimum atomic E-state index is -0.0182. The summed E-state index contributed by atoms with van der Waals surface area (Å²) in [6.07, 6.45) is 7.93. The second-order valence-corrected chi connectivity index (χ2v) is 5.99. The molecule has 0 aromatic heterocycles. The second-order valence-electron chi connectivity index (χ2n) is 5.99. The zero-order chi connectivity index (χ0) is 15.6. The van der Waals surface area contributed by atoms with E-state index < -0.39 is 0 Å². The first kappa shape index (κ1) is 17.0. The summed E-state index contributed by atoms with van der Waals surface area (Å²) in [5, 5.41) is 6.56. The van der Waals surface area contributed by atoms with Gasteiger partial charge in [-0.3, -0.25) is 4.79 Å². The number of rotatable bonds is 7. The van der Waals surface area contributed by atoms with Crippen LogP contribution in [0, 0.1) is 0 Å². The Labute approximate surface area is 133 Å². The van der Waals surface area contributed by atoms with Crippen molar-refractivity contribution in [1.82, 2.24) is 10.6 Å². The highest BCUT2D eigenvalue weighted by atomic mass is 16.5. The number of carbonyl (C=O) groups excluding carboxylic acids is 1. The van der Waals surface area contributed by atoms with Gasteiger partial charge in [0.2, 0.25) is 0 Å². The van der Waals surface area contributed by atoms with Gasteiger partial charge in [0.15, 0.2) is 0 Å². The fourth-order valence-electron chi connectivity index (χ4n) is 3.05. The smallest absolute Gasteiger partial charge is 0.251 e. The molecule has 22 heavy (non-hydrogen) atoms. The van der Waals surface area contributed by atoms with E-state index >= 15 is 0 Å². The van der Waals surface area contributed by atoms with E-state index in [1.165, 1.54) is 38.5 Å². The third kappa shape index (κ3) is 5.43. The van der Waals surface area contributed by atoms with E-state index in [1.807, 2.05) is 24.3 Å². The summed E-state index contributed by atoms with van der Waals surface area (Å²) in [6.45, 7) is 1.96. The molecule has 0 radical (unpaired) electrons. The Morgan fingerprint density at radius 3 is 2.59 bits per heavy atom. The lowest BCUT2D eigenvalue weighted by Gasteiger charge is -2.16. The number of hydrogen-bond donors (Lipinski definition) is 2. The molecule has 2 rings (SSSR count). The predicted octanol–water partition coefficient (Wildman–Crippen LogP) is 2.88. The van der Waals surface area contributed by atoms with Gasteiger partial charge in [0.05, 0.1) is 6.61 Å². The number of carbonyl (C=O) groups is 1. The monoisotopic (exact) mass is 304 g/mol. The molecular formula is C18H28N2O2.